The van der Waals surface area contributed by atoms with Crippen LogP contribution in [-0.2, 0) is 30.1 Å². The first-order valence-corrected chi connectivity index (χ1v) is 8.60. The quantitative estimate of drug-likeness (QED) is 0.729. The van der Waals surface area contributed by atoms with Gasteiger partial charge in [0.05, 0.1) is 17.5 Å². The van der Waals surface area contributed by atoms with Gasteiger partial charge in [-0.25, -0.2) is 0 Å². The number of ether oxygens (including phenoxy) is 1. The summed E-state index contributed by atoms with van der Waals surface area (Å²) in [6.07, 6.45) is 1.89. The first kappa shape index (κ1) is 15.8. The van der Waals surface area contributed by atoms with E-state index in [1.807, 2.05) is 24.3 Å². The number of anilines is 2. The van der Waals surface area contributed by atoms with Crippen molar-refractivity contribution in [3.8, 4) is 0 Å². The van der Waals surface area contributed by atoms with Crippen molar-refractivity contribution in [2.45, 2.75) is 11.0 Å². The van der Waals surface area contributed by atoms with E-state index in [0.717, 1.165) is 0 Å². The fraction of sp³-hybridized carbons (Fsp3) is 0.190. The largest absolute Gasteiger partial charge is 0.478 e. The molecule has 134 valence electrons. The van der Waals surface area contributed by atoms with Crippen LogP contribution < -0.4 is 9.80 Å². The minimum atomic E-state index is -1.63. The van der Waals surface area contributed by atoms with Crippen LogP contribution in [0.1, 0.15) is 11.1 Å². The highest BCUT2D eigenvalue weighted by Crippen LogP contribution is 2.63. The van der Waals surface area contributed by atoms with Gasteiger partial charge in [0.25, 0.3) is 5.91 Å². The molecule has 0 saturated heterocycles. The lowest BCUT2D eigenvalue weighted by molar-refractivity contribution is -0.147. The molecule has 0 aliphatic carbocycles. The summed E-state index contributed by atoms with van der Waals surface area (Å²) in [4.78, 5) is 42.2. The lowest BCUT2D eigenvalue weighted by atomic mass is 9.62. The van der Waals surface area contributed by atoms with E-state index in [4.69, 9.17) is 4.74 Å². The standard InChI is InChI=1S/C21H16N2O4/c1-22-16-9-5-3-7-14(16)20(18(22)25)13(11-24)12-27-21(20)15-8-4-6-10-17(15)23(2)19(21)26/h3-12H,1-2H3. The zero-order valence-electron chi connectivity index (χ0n) is 14.8. The predicted octanol–water partition coefficient (Wildman–Crippen LogP) is 1.89. The summed E-state index contributed by atoms with van der Waals surface area (Å²) < 4.78 is 6.00. The molecule has 3 aliphatic rings. The molecule has 6 nitrogen and oxygen atoms in total. The number of aldehydes is 1. The van der Waals surface area contributed by atoms with E-state index in [-0.39, 0.29) is 17.4 Å². The Bertz CT molecular complexity index is 1080. The van der Waals surface area contributed by atoms with Crippen LogP contribution in [0.3, 0.4) is 0 Å². The molecular formula is C21H16N2O4. The molecule has 0 N–H and O–H groups in total. The van der Waals surface area contributed by atoms with E-state index < -0.39 is 11.0 Å². The van der Waals surface area contributed by atoms with Crippen LogP contribution in [0.2, 0.25) is 0 Å². The molecule has 6 heteroatoms. The number of likely N-dealkylation sites (N-methyl/N-ethyl adjacent to an activating group) is 2. The third kappa shape index (κ3) is 1.44. The van der Waals surface area contributed by atoms with Gasteiger partial charge in [0.1, 0.15) is 0 Å². The SMILES string of the molecule is CN1C(=O)C2(OC=C(C=O)C23C(=O)N(C)c2ccccc23)c2ccccc21. The fourth-order valence-electron chi connectivity index (χ4n) is 4.83. The number of carbonyl (C=O) groups is 3. The Kier molecular flexibility index (Phi) is 2.84. The monoisotopic (exact) mass is 360 g/mol. The summed E-state index contributed by atoms with van der Waals surface area (Å²) in [5.41, 5.74) is -0.495. The van der Waals surface area contributed by atoms with Gasteiger partial charge in [-0.05, 0) is 12.1 Å². The smallest absolute Gasteiger partial charge is 0.277 e. The van der Waals surface area contributed by atoms with Crippen LogP contribution in [0, 0.1) is 0 Å². The zero-order chi connectivity index (χ0) is 19.0. The summed E-state index contributed by atoms with van der Waals surface area (Å²) in [5, 5.41) is 0. The van der Waals surface area contributed by atoms with Crippen LogP contribution in [-0.4, -0.2) is 32.2 Å². The number of hydrogen-bond donors (Lipinski definition) is 0. The van der Waals surface area contributed by atoms with Gasteiger partial charge in [-0.15, -0.1) is 0 Å². The van der Waals surface area contributed by atoms with Crippen molar-refractivity contribution >= 4 is 29.5 Å². The van der Waals surface area contributed by atoms with Crippen molar-refractivity contribution in [1.29, 1.82) is 0 Å². The van der Waals surface area contributed by atoms with Crippen molar-refractivity contribution < 1.29 is 19.1 Å². The molecule has 2 aromatic rings. The molecule has 2 spiro atoms. The third-order valence-corrected chi connectivity index (χ3v) is 6.00. The van der Waals surface area contributed by atoms with Crippen LogP contribution in [0.5, 0.6) is 0 Å². The second-order valence-corrected chi connectivity index (χ2v) is 7.00. The normalized spacial score (nSPS) is 27.9. The van der Waals surface area contributed by atoms with Gasteiger partial charge >= 0.3 is 0 Å². The minimum Gasteiger partial charge on any atom is -0.478 e. The van der Waals surface area contributed by atoms with Crippen molar-refractivity contribution in [2.24, 2.45) is 0 Å². The van der Waals surface area contributed by atoms with Crippen molar-refractivity contribution in [1.82, 2.24) is 0 Å². The van der Waals surface area contributed by atoms with Crippen molar-refractivity contribution in [3.63, 3.8) is 0 Å². The van der Waals surface area contributed by atoms with E-state index in [1.54, 1.807) is 38.4 Å². The van der Waals surface area contributed by atoms with Crippen molar-refractivity contribution in [2.75, 3.05) is 23.9 Å². The topological polar surface area (TPSA) is 66.9 Å². The number of amides is 2. The Hall–Kier alpha value is -3.41. The summed E-state index contributed by atoms with van der Waals surface area (Å²) in [5.74, 6) is -0.715. The van der Waals surface area contributed by atoms with Gasteiger partial charge in [0, 0.05) is 30.9 Å². The van der Waals surface area contributed by atoms with E-state index in [0.29, 0.717) is 28.8 Å². The van der Waals surface area contributed by atoms with Gasteiger partial charge in [-0.2, -0.15) is 0 Å². The van der Waals surface area contributed by atoms with Crippen LogP contribution >= 0.6 is 0 Å². The maximum Gasteiger partial charge on any atom is 0.277 e. The lowest BCUT2D eigenvalue weighted by Gasteiger charge is -2.37. The van der Waals surface area contributed by atoms with Gasteiger partial charge in [-0.3, -0.25) is 14.4 Å². The van der Waals surface area contributed by atoms with Crippen molar-refractivity contribution in [3.05, 3.63) is 71.5 Å². The molecule has 2 aromatic carbocycles. The molecule has 0 radical (unpaired) electrons. The number of nitrogens with zero attached hydrogens (tertiary/aromatic N) is 2. The Morgan fingerprint density at radius 1 is 0.852 bits per heavy atom. The summed E-state index contributed by atoms with van der Waals surface area (Å²) >= 11 is 0. The van der Waals surface area contributed by atoms with Crippen LogP contribution in [0.15, 0.2) is 60.4 Å². The molecule has 2 amide bonds. The fourth-order valence-corrected chi connectivity index (χ4v) is 4.83. The molecular weight excluding hydrogens is 344 g/mol. The first-order valence-electron chi connectivity index (χ1n) is 8.60. The number of para-hydroxylation sites is 2. The van der Waals surface area contributed by atoms with E-state index in [9.17, 15) is 14.4 Å². The average Bonchev–Trinajstić information content (AvgIpc) is 3.25. The predicted molar refractivity (Wildman–Crippen MR) is 98.3 cm³/mol. The van der Waals surface area contributed by atoms with Gasteiger partial charge in [-0.1, -0.05) is 36.4 Å². The molecule has 5 rings (SSSR count). The molecule has 0 saturated carbocycles. The Balaban J connectivity index is 1.94. The Morgan fingerprint density at radius 2 is 1.41 bits per heavy atom. The summed E-state index contributed by atoms with van der Waals surface area (Å²) in [6.45, 7) is 0. The molecule has 0 aromatic heterocycles. The lowest BCUT2D eigenvalue weighted by Crippen LogP contribution is -2.58. The number of rotatable bonds is 1. The number of carbonyl (C=O) groups excluding carboxylic acids is 3. The van der Waals surface area contributed by atoms with Crippen LogP contribution in [0.4, 0.5) is 11.4 Å². The van der Waals surface area contributed by atoms with Gasteiger partial charge in [0.15, 0.2) is 11.7 Å². The molecule has 2 unspecified atom stereocenters. The highest BCUT2D eigenvalue weighted by Gasteiger charge is 2.76. The van der Waals surface area contributed by atoms with E-state index in [1.165, 1.54) is 16.1 Å². The van der Waals surface area contributed by atoms with E-state index in [2.05, 4.69) is 0 Å². The van der Waals surface area contributed by atoms with E-state index >= 15 is 0 Å². The number of benzene rings is 2. The molecule has 0 bridgehead atoms. The first-order chi connectivity index (χ1) is 13.0. The Morgan fingerprint density at radius 3 is 2.07 bits per heavy atom. The molecule has 27 heavy (non-hydrogen) atoms. The third-order valence-electron chi connectivity index (χ3n) is 6.00. The zero-order valence-corrected chi connectivity index (χ0v) is 14.8. The second kappa shape index (κ2) is 4.85. The maximum absolute atomic E-state index is 13.7. The molecule has 2 atom stereocenters. The highest BCUT2D eigenvalue weighted by atomic mass is 16.5. The summed E-state index contributed by atoms with van der Waals surface area (Å²) in [6, 6.07) is 14.5. The highest BCUT2D eigenvalue weighted by molar-refractivity contribution is 6.22. The average molecular weight is 360 g/mol. The second-order valence-electron chi connectivity index (χ2n) is 7.00. The molecule has 0 fully saturated rings. The van der Waals surface area contributed by atoms with Gasteiger partial charge < -0.3 is 14.5 Å². The minimum absolute atomic E-state index is 0.155. The maximum atomic E-state index is 13.7. The number of hydrogen-bond acceptors (Lipinski definition) is 4. The van der Waals surface area contributed by atoms with Gasteiger partial charge in [0.2, 0.25) is 11.5 Å². The Labute approximate surface area is 155 Å². The number of fused-ring (bicyclic) bond motifs is 5. The molecule has 3 aliphatic heterocycles. The van der Waals surface area contributed by atoms with Crippen LogP contribution in [0.25, 0.3) is 0 Å². The summed E-state index contributed by atoms with van der Waals surface area (Å²) in [7, 11) is 3.31. The molecule has 3 heterocycles.